The van der Waals surface area contributed by atoms with Crippen molar-refractivity contribution in [3.05, 3.63) is 88.5 Å². The van der Waals surface area contributed by atoms with Crippen LogP contribution in [0.5, 0.6) is 0 Å². The van der Waals surface area contributed by atoms with Gasteiger partial charge in [0.2, 0.25) is 0 Å². The number of hydrogen-bond donors (Lipinski definition) is 1. The predicted octanol–water partition coefficient (Wildman–Crippen LogP) is 4.10. The van der Waals surface area contributed by atoms with E-state index in [4.69, 9.17) is 10.2 Å². The van der Waals surface area contributed by atoms with Crippen LogP contribution in [0.1, 0.15) is 29.0 Å². The molecule has 0 aliphatic rings. The van der Waals surface area contributed by atoms with Gasteiger partial charge in [0.1, 0.15) is 24.1 Å². The van der Waals surface area contributed by atoms with Crippen molar-refractivity contribution >= 4 is 11.3 Å². The monoisotopic (exact) mass is 419 g/mol. The maximum absolute atomic E-state index is 13.5. The molecule has 6 nitrogen and oxygen atoms in total. The lowest BCUT2D eigenvalue weighted by Crippen LogP contribution is -2.37. The lowest BCUT2D eigenvalue weighted by molar-refractivity contribution is -0.00807. The van der Waals surface area contributed by atoms with Crippen molar-refractivity contribution in [2.24, 2.45) is 0 Å². The first kappa shape index (κ1) is 19.9. The molecule has 4 aromatic rings. The zero-order valence-corrected chi connectivity index (χ0v) is 16.9. The largest absolute Gasteiger partial charge is 0.382 e. The molecule has 2 aromatic heterocycles. The van der Waals surface area contributed by atoms with Crippen LogP contribution in [0, 0.1) is 17.1 Å². The molecule has 0 aliphatic carbocycles. The summed E-state index contributed by atoms with van der Waals surface area (Å²) in [6.07, 6.45) is 2.94. The third-order valence-corrected chi connectivity index (χ3v) is 6.16. The number of rotatable bonds is 6. The summed E-state index contributed by atoms with van der Waals surface area (Å²) in [5.41, 5.74) is 1.45. The summed E-state index contributed by atoms with van der Waals surface area (Å²) in [6.45, 7) is 2.03. The van der Waals surface area contributed by atoms with Gasteiger partial charge in [0, 0.05) is 16.9 Å². The van der Waals surface area contributed by atoms with Gasteiger partial charge in [0.15, 0.2) is 0 Å². The van der Waals surface area contributed by atoms with Gasteiger partial charge >= 0.3 is 0 Å². The second-order valence-corrected chi connectivity index (χ2v) is 7.90. The Kier molecular flexibility index (Phi) is 5.40. The van der Waals surface area contributed by atoms with Gasteiger partial charge in [-0.25, -0.2) is 19.0 Å². The van der Waals surface area contributed by atoms with Gasteiger partial charge < -0.3 is 5.11 Å². The Bertz CT molecular complexity index is 1170. The quantitative estimate of drug-likeness (QED) is 0.508. The van der Waals surface area contributed by atoms with E-state index < -0.39 is 11.5 Å². The van der Waals surface area contributed by atoms with Crippen molar-refractivity contribution in [3.63, 3.8) is 0 Å². The first-order chi connectivity index (χ1) is 14.5. The summed E-state index contributed by atoms with van der Waals surface area (Å²) in [6, 6.07) is 15.1. The fourth-order valence-electron chi connectivity index (χ4n) is 3.32. The molecule has 0 saturated carbocycles. The van der Waals surface area contributed by atoms with Gasteiger partial charge in [-0.3, -0.25) is 0 Å². The van der Waals surface area contributed by atoms with Crippen LogP contribution in [0.15, 0.2) is 66.6 Å². The Hall–Kier alpha value is -3.41. The Morgan fingerprint density at radius 1 is 1.20 bits per heavy atom. The van der Waals surface area contributed by atoms with E-state index in [1.54, 1.807) is 28.9 Å². The van der Waals surface area contributed by atoms with E-state index in [-0.39, 0.29) is 12.4 Å². The van der Waals surface area contributed by atoms with Crippen molar-refractivity contribution in [3.8, 4) is 17.3 Å². The van der Waals surface area contributed by atoms with E-state index in [0.29, 0.717) is 11.1 Å². The van der Waals surface area contributed by atoms with Crippen LogP contribution < -0.4 is 0 Å². The van der Waals surface area contributed by atoms with Crippen LogP contribution in [0.3, 0.4) is 0 Å². The standard InChI is InChI=1S/C22H18FN5OS/c1-15(21-27-20(11-30-21)17-4-2-16(10-24)3-5-17)22(29,12-28-14-25-13-26-28)18-6-8-19(23)9-7-18/h2-9,11,13-15,29H,12H2,1H3. The van der Waals surface area contributed by atoms with Crippen LogP contribution in [-0.2, 0) is 12.1 Å². The number of aromatic nitrogens is 4. The maximum atomic E-state index is 13.5. The number of benzene rings is 2. The molecule has 0 fully saturated rings. The molecule has 8 heteroatoms. The molecule has 2 aromatic carbocycles. The number of nitriles is 1. The second kappa shape index (κ2) is 8.14. The van der Waals surface area contributed by atoms with Crippen molar-refractivity contribution < 1.29 is 9.50 Å². The molecular weight excluding hydrogens is 401 g/mol. The van der Waals surface area contributed by atoms with E-state index in [1.807, 2.05) is 24.4 Å². The molecule has 0 aliphatic heterocycles. The van der Waals surface area contributed by atoms with Crippen molar-refractivity contribution in [1.29, 1.82) is 5.26 Å². The van der Waals surface area contributed by atoms with Gasteiger partial charge in [-0.05, 0) is 29.8 Å². The van der Waals surface area contributed by atoms with Gasteiger partial charge in [-0.15, -0.1) is 11.3 Å². The summed E-state index contributed by atoms with van der Waals surface area (Å²) in [5.74, 6) is -0.767. The van der Waals surface area contributed by atoms with E-state index in [9.17, 15) is 9.50 Å². The first-order valence-electron chi connectivity index (χ1n) is 9.26. The summed E-state index contributed by atoms with van der Waals surface area (Å²) in [5, 5.41) is 27.5. The van der Waals surface area contributed by atoms with Gasteiger partial charge in [0.05, 0.1) is 28.9 Å². The molecule has 30 heavy (non-hydrogen) atoms. The minimum atomic E-state index is -1.37. The number of halogens is 1. The maximum Gasteiger partial charge on any atom is 0.137 e. The highest BCUT2D eigenvalue weighted by Gasteiger charge is 2.39. The van der Waals surface area contributed by atoms with Crippen molar-refractivity contribution in [2.75, 3.05) is 0 Å². The predicted molar refractivity (Wildman–Crippen MR) is 111 cm³/mol. The number of thiazole rings is 1. The summed E-state index contributed by atoms with van der Waals surface area (Å²) in [4.78, 5) is 8.68. The topological polar surface area (TPSA) is 87.6 Å². The Morgan fingerprint density at radius 3 is 2.57 bits per heavy atom. The molecule has 150 valence electrons. The molecular formula is C22H18FN5OS. The minimum Gasteiger partial charge on any atom is -0.382 e. The lowest BCUT2D eigenvalue weighted by atomic mass is 9.82. The van der Waals surface area contributed by atoms with Crippen molar-refractivity contribution in [1.82, 2.24) is 19.7 Å². The van der Waals surface area contributed by atoms with Gasteiger partial charge in [-0.1, -0.05) is 31.2 Å². The fraction of sp³-hybridized carbons (Fsp3) is 0.182. The third kappa shape index (κ3) is 3.85. The van der Waals surface area contributed by atoms with E-state index in [0.717, 1.165) is 16.3 Å². The normalized spacial score (nSPS) is 14.1. The molecule has 2 unspecified atom stereocenters. The number of hydrogen-bond acceptors (Lipinski definition) is 6. The highest BCUT2D eigenvalue weighted by molar-refractivity contribution is 7.10. The Morgan fingerprint density at radius 2 is 1.93 bits per heavy atom. The third-order valence-electron chi connectivity index (χ3n) is 5.13. The lowest BCUT2D eigenvalue weighted by Gasteiger charge is -2.33. The fourth-order valence-corrected chi connectivity index (χ4v) is 4.29. The van der Waals surface area contributed by atoms with Gasteiger partial charge in [-0.2, -0.15) is 10.4 Å². The van der Waals surface area contributed by atoms with Crippen LogP contribution >= 0.6 is 11.3 Å². The summed E-state index contributed by atoms with van der Waals surface area (Å²) >= 11 is 1.44. The Balaban J connectivity index is 1.69. The summed E-state index contributed by atoms with van der Waals surface area (Å²) in [7, 11) is 0. The zero-order valence-electron chi connectivity index (χ0n) is 16.1. The molecule has 0 spiro atoms. The van der Waals surface area contributed by atoms with Crippen LogP contribution in [0.4, 0.5) is 4.39 Å². The SMILES string of the molecule is CC(c1nc(-c2ccc(C#N)cc2)cs1)C(O)(Cn1cncn1)c1ccc(F)cc1. The highest BCUT2D eigenvalue weighted by Crippen LogP contribution is 2.40. The zero-order chi connectivity index (χ0) is 21.1. The van der Waals surface area contributed by atoms with Crippen LogP contribution in [0.25, 0.3) is 11.3 Å². The molecule has 2 heterocycles. The molecule has 4 rings (SSSR count). The minimum absolute atomic E-state index is 0.144. The molecule has 0 amide bonds. The smallest absolute Gasteiger partial charge is 0.137 e. The number of aliphatic hydroxyl groups is 1. The van der Waals surface area contributed by atoms with E-state index in [1.165, 1.54) is 36.1 Å². The number of nitrogens with zero attached hydrogens (tertiary/aromatic N) is 5. The molecule has 2 atom stereocenters. The van der Waals surface area contributed by atoms with E-state index >= 15 is 0 Å². The Labute approximate surface area is 176 Å². The first-order valence-corrected chi connectivity index (χ1v) is 10.1. The molecule has 1 N–H and O–H groups in total. The average Bonchev–Trinajstić information content (AvgIpc) is 3.46. The highest BCUT2D eigenvalue weighted by atomic mass is 32.1. The van der Waals surface area contributed by atoms with E-state index in [2.05, 4.69) is 16.2 Å². The van der Waals surface area contributed by atoms with Crippen LogP contribution in [0.2, 0.25) is 0 Å². The van der Waals surface area contributed by atoms with Crippen molar-refractivity contribution in [2.45, 2.75) is 25.0 Å². The molecule has 0 saturated heterocycles. The van der Waals surface area contributed by atoms with Crippen LogP contribution in [-0.4, -0.2) is 24.9 Å². The molecule has 0 bridgehead atoms. The summed E-state index contributed by atoms with van der Waals surface area (Å²) < 4.78 is 15.0. The molecule has 0 radical (unpaired) electrons. The average molecular weight is 419 g/mol. The second-order valence-electron chi connectivity index (χ2n) is 7.01. The van der Waals surface area contributed by atoms with Gasteiger partial charge in [0.25, 0.3) is 0 Å².